The van der Waals surface area contributed by atoms with Gasteiger partial charge < -0.3 is 15.6 Å². The first-order valence-electron chi connectivity index (χ1n) is 6.38. The van der Waals surface area contributed by atoms with Crippen molar-refractivity contribution in [2.75, 3.05) is 7.11 Å². The second-order valence-electron chi connectivity index (χ2n) is 4.88. The van der Waals surface area contributed by atoms with Gasteiger partial charge in [0.15, 0.2) is 0 Å². The van der Waals surface area contributed by atoms with Gasteiger partial charge >= 0.3 is 17.8 Å². The zero-order chi connectivity index (χ0) is 16.5. The first-order valence-corrected chi connectivity index (χ1v) is 6.38. The lowest BCUT2D eigenvalue weighted by Crippen LogP contribution is -2.31. The second-order valence-corrected chi connectivity index (χ2v) is 4.88. The number of rotatable bonds is 6. The number of carbonyl (C=O) groups is 1. The quantitative estimate of drug-likeness (QED) is 0.840. The molecule has 2 rings (SSSR count). The SMILES string of the molecule is COc1cc(C2(C(F)(F)F)N=N2)ccc1CC[C@@H](N)C(=O)O. The molecule has 1 aliphatic rings. The van der Waals surface area contributed by atoms with Gasteiger partial charge in [-0.3, -0.25) is 4.79 Å². The van der Waals surface area contributed by atoms with E-state index in [1.807, 2.05) is 0 Å². The second kappa shape index (κ2) is 5.56. The molecule has 3 N–H and O–H groups in total. The number of nitrogens with zero attached hydrogens (tertiary/aromatic N) is 2. The molecule has 120 valence electrons. The molecular weight excluding hydrogens is 303 g/mol. The lowest BCUT2D eigenvalue weighted by Gasteiger charge is -2.17. The van der Waals surface area contributed by atoms with Gasteiger partial charge in [0.25, 0.3) is 0 Å². The van der Waals surface area contributed by atoms with E-state index in [1.54, 1.807) is 0 Å². The van der Waals surface area contributed by atoms with E-state index in [4.69, 9.17) is 15.6 Å². The van der Waals surface area contributed by atoms with Crippen molar-refractivity contribution in [3.8, 4) is 5.75 Å². The smallest absolute Gasteiger partial charge is 0.442 e. The van der Waals surface area contributed by atoms with Crippen LogP contribution in [0.5, 0.6) is 5.75 Å². The first-order chi connectivity index (χ1) is 10.2. The zero-order valence-electron chi connectivity index (χ0n) is 11.6. The third kappa shape index (κ3) is 2.89. The van der Waals surface area contributed by atoms with Gasteiger partial charge in [-0.2, -0.15) is 13.2 Å². The Bertz CT molecular complexity index is 610. The van der Waals surface area contributed by atoms with Crippen LogP contribution < -0.4 is 10.5 Å². The number of hydrogen-bond acceptors (Lipinski definition) is 5. The number of aliphatic carboxylic acids is 1. The van der Waals surface area contributed by atoms with Crippen LogP contribution in [0.3, 0.4) is 0 Å². The number of benzene rings is 1. The maximum atomic E-state index is 13.0. The van der Waals surface area contributed by atoms with Crippen LogP contribution in [0.4, 0.5) is 13.2 Å². The van der Waals surface area contributed by atoms with Crippen LogP contribution in [0.25, 0.3) is 0 Å². The predicted octanol–water partition coefficient (Wildman–Crippen LogP) is 2.22. The summed E-state index contributed by atoms with van der Waals surface area (Å²) in [6.45, 7) is 0. The number of aryl methyl sites for hydroxylation is 1. The Labute approximate surface area is 123 Å². The number of nitrogens with two attached hydrogens (primary N) is 1. The lowest BCUT2D eigenvalue weighted by molar-refractivity contribution is -0.166. The average molecular weight is 317 g/mol. The molecule has 9 heteroatoms. The highest BCUT2D eigenvalue weighted by molar-refractivity contribution is 5.73. The standard InChI is InChI=1S/C13H14F3N3O3/c1-22-10-6-8(12(18-19-12)13(14,15)16)4-2-7(10)3-5-9(17)11(20)21/h2,4,6,9H,3,5,17H2,1H3,(H,20,21)/t9-/m1/s1. The molecule has 1 aromatic rings. The fraction of sp³-hybridized carbons (Fsp3) is 0.462. The summed E-state index contributed by atoms with van der Waals surface area (Å²) in [5, 5.41) is 15.0. The number of ether oxygens (including phenoxy) is 1. The van der Waals surface area contributed by atoms with Crippen LogP contribution in [0.2, 0.25) is 0 Å². The summed E-state index contributed by atoms with van der Waals surface area (Å²) in [5.74, 6) is -0.918. The van der Waals surface area contributed by atoms with Gasteiger partial charge in [0, 0.05) is 5.56 Å². The molecule has 0 aromatic heterocycles. The highest BCUT2D eigenvalue weighted by Crippen LogP contribution is 2.52. The summed E-state index contributed by atoms with van der Waals surface area (Å²) in [5.41, 5.74) is 3.33. The van der Waals surface area contributed by atoms with Gasteiger partial charge in [0.2, 0.25) is 0 Å². The number of hydrogen-bond donors (Lipinski definition) is 2. The van der Waals surface area contributed by atoms with E-state index in [9.17, 15) is 18.0 Å². The molecule has 1 aliphatic heterocycles. The molecule has 1 atom stereocenters. The van der Waals surface area contributed by atoms with Crippen molar-refractivity contribution in [1.82, 2.24) is 0 Å². The van der Waals surface area contributed by atoms with Crippen LogP contribution in [-0.4, -0.2) is 30.4 Å². The summed E-state index contributed by atoms with van der Waals surface area (Å²) in [7, 11) is 1.32. The number of alkyl halides is 3. The van der Waals surface area contributed by atoms with Crippen molar-refractivity contribution < 1.29 is 27.8 Å². The minimum Gasteiger partial charge on any atom is -0.496 e. The van der Waals surface area contributed by atoms with Gasteiger partial charge in [-0.25, -0.2) is 0 Å². The topological polar surface area (TPSA) is 97.3 Å². The highest BCUT2D eigenvalue weighted by Gasteiger charge is 2.65. The van der Waals surface area contributed by atoms with E-state index < -0.39 is 23.9 Å². The molecule has 22 heavy (non-hydrogen) atoms. The minimum absolute atomic E-state index is 0.136. The summed E-state index contributed by atoms with van der Waals surface area (Å²) in [6.07, 6.45) is -4.19. The molecule has 1 heterocycles. The Morgan fingerprint density at radius 3 is 2.55 bits per heavy atom. The monoisotopic (exact) mass is 317 g/mol. The molecule has 0 radical (unpaired) electrons. The van der Waals surface area contributed by atoms with E-state index in [0.717, 1.165) is 0 Å². The van der Waals surface area contributed by atoms with E-state index in [-0.39, 0.29) is 24.2 Å². The van der Waals surface area contributed by atoms with Crippen LogP contribution in [0.1, 0.15) is 17.5 Å². The van der Waals surface area contributed by atoms with Crippen molar-refractivity contribution in [3.63, 3.8) is 0 Å². The molecule has 0 unspecified atom stereocenters. The number of methoxy groups -OCH3 is 1. The average Bonchev–Trinajstić information content (AvgIpc) is 3.25. The molecule has 0 saturated heterocycles. The van der Waals surface area contributed by atoms with Crippen molar-refractivity contribution >= 4 is 5.97 Å². The third-order valence-electron chi connectivity index (χ3n) is 3.43. The maximum absolute atomic E-state index is 13.0. The summed E-state index contributed by atoms with van der Waals surface area (Å²) in [4.78, 5) is 10.7. The Morgan fingerprint density at radius 2 is 2.09 bits per heavy atom. The van der Waals surface area contributed by atoms with Crippen LogP contribution >= 0.6 is 0 Å². The Hall–Kier alpha value is -2.16. The minimum atomic E-state index is -4.61. The van der Waals surface area contributed by atoms with E-state index in [1.165, 1.54) is 25.3 Å². The van der Waals surface area contributed by atoms with Gasteiger partial charge in [0.05, 0.1) is 7.11 Å². The normalized spacial score (nSPS) is 17.1. The molecule has 0 amide bonds. The molecule has 0 spiro atoms. The van der Waals surface area contributed by atoms with Crippen LogP contribution in [0.15, 0.2) is 28.4 Å². The molecule has 1 aromatic carbocycles. The molecule has 0 saturated carbocycles. The largest absolute Gasteiger partial charge is 0.496 e. The van der Waals surface area contributed by atoms with E-state index in [0.29, 0.717) is 5.56 Å². The maximum Gasteiger partial charge on any atom is 0.442 e. The van der Waals surface area contributed by atoms with Gasteiger partial charge in [-0.1, -0.05) is 12.1 Å². The summed E-state index contributed by atoms with van der Waals surface area (Å²) >= 11 is 0. The lowest BCUT2D eigenvalue weighted by atomic mass is 9.97. The molecule has 0 fully saturated rings. The van der Waals surface area contributed by atoms with Crippen molar-refractivity contribution in [2.24, 2.45) is 16.0 Å². The highest BCUT2D eigenvalue weighted by atomic mass is 19.4. The summed E-state index contributed by atoms with van der Waals surface area (Å²) < 4.78 is 43.9. The fourth-order valence-corrected chi connectivity index (χ4v) is 2.04. The third-order valence-corrected chi connectivity index (χ3v) is 3.43. The van der Waals surface area contributed by atoms with Gasteiger partial charge in [0.1, 0.15) is 11.8 Å². The Morgan fingerprint density at radius 1 is 1.45 bits per heavy atom. The first kappa shape index (κ1) is 16.2. The van der Waals surface area contributed by atoms with E-state index >= 15 is 0 Å². The number of halogens is 3. The molecule has 0 aliphatic carbocycles. The summed E-state index contributed by atoms with van der Waals surface area (Å²) in [6, 6.07) is 2.88. The van der Waals surface area contributed by atoms with E-state index in [2.05, 4.69) is 10.2 Å². The Balaban J connectivity index is 2.20. The predicted molar refractivity (Wildman–Crippen MR) is 69.5 cm³/mol. The van der Waals surface area contributed by atoms with Crippen LogP contribution in [0, 0.1) is 0 Å². The van der Waals surface area contributed by atoms with Gasteiger partial charge in [-0.15, -0.1) is 10.2 Å². The van der Waals surface area contributed by atoms with Crippen molar-refractivity contribution in [1.29, 1.82) is 0 Å². The van der Waals surface area contributed by atoms with Crippen molar-refractivity contribution in [2.45, 2.75) is 30.7 Å². The Kier molecular flexibility index (Phi) is 4.10. The number of carboxylic acid groups (broad SMARTS) is 1. The molecular formula is C13H14F3N3O3. The molecule has 0 bridgehead atoms. The number of carboxylic acids is 1. The fourth-order valence-electron chi connectivity index (χ4n) is 2.04. The van der Waals surface area contributed by atoms with Crippen molar-refractivity contribution in [3.05, 3.63) is 29.3 Å². The molecule has 6 nitrogen and oxygen atoms in total. The zero-order valence-corrected chi connectivity index (χ0v) is 11.6. The van der Waals surface area contributed by atoms with Crippen LogP contribution in [-0.2, 0) is 16.9 Å². The van der Waals surface area contributed by atoms with Gasteiger partial charge in [-0.05, 0) is 24.5 Å².